The predicted molar refractivity (Wildman–Crippen MR) is 206 cm³/mol. The second kappa shape index (κ2) is 17.8. The van der Waals surface area contributed by atoms with Crippen LogP contribution in [0.2, 0.25) is 0 Å². The zero-order valence-corrected chi connectivity index (χ0v) is 34.7. The fourth-order valence-corrected chi connectivity index (χ4v) is 12.4. The first-order valence-electron chi connectivity index (χ1n) is 16.5. The van der Waals surface area contributed by atoms with Crippen LogP contribution in [-0.2, 0) is 41.9 Å². The van der Waals surface area contributed by atoms with E-state index in [1.54, 1.807) is 13.8 Å². The molecule has 30 heteroatoms. The Hall–Kier alpha value is -5.04. The van der Waals surface area contributed by atoms with Crippen molar-refractivity contribution >= 4 is 105 Å². The first-order valence-corrected chi connectivity index (χ1v) is 22.2. The van der Waals surface area contributed by atoms with Crippen LogP contribution >= 0.6 is 69.7 Å². The first-order chi connectivity index (χ1) is 27.9. The molecule has 0 aliphatic carbocycles. The molecular formula is C28H28N16O8S6. The van der Waals surface area contributed by atoms with Crippen molar-refractivity contribution in [3.63, 3.8) is 0 Å². The summed E-state index contributed by atoms with van der Waals surface area (Å²) in [6.07, 6.45) is 2.38. The summed E-state index contributed by atoms with van der Waals surface area (Å²) in [4.78, 5) is 83.8. The van der Waals surface area contributed by atoms with E-state index in [2.05, 4.69) is 62.1 Å². The Morgan fingerprint density at radius 3 is 1.91 bits per heavy atom. The van der Waals surface area contributed by atoms with Gasteiger partial charge in [0.25, 0.3) is 11.8 Å². The summed E-state index contributed by atoms with van der Waals surface area (Å²) in [6.45, 7) is 2.77. The van der Waals surface area contributed by atoms with Crippen molar-refractivity contribution in [2.24, 2.45) is 0 Å². The highest BCUT2D eigenvalue weighted by Crippen LogP contribution is 2.45. The van der Waals surface area contributed by atoms with Crippen molar-refractivity contribution in [2.45, 2.75) is 58.4 Å². The van der Waals surface area contributed by atoms with E-state index in [1.165, 1.54) is 73.9 Å². The lowest BCUT2D eigenvalue weighted by Crippen LogP contribution is -2.71. The molecule has 1 saturated heterocycles. The van der Waals surface area contributed by atoms with Crippen molar-refractivity contribution in [2.75, 3.05) is 23.0 Å². The number of thioether (sulfide) groups is 4. The van der Waals surface area contributed by atoms with Gasteiger partial charge in [0.2, 0.25) is 11.8 Å². The minimum absolute atomic E-state index is 0.0395. The van der Waals surface area contributed by atoms with Crippen LogP contribution in [0, 0.1) is 13.8 Å². The largest absolute Gasteiger partial charge is 0.480 e. The number of carboxylic acids is 2. The van der Waals surface area contributed by atoms with Gasteiger partial charge in [-0.05, 0) is 45.8 Å². The Morgan fingerprint density at radius 1 is 0.828 bits per heavy atom. The summed E-state index contributed by atoms with van der Waals surface area (Å²) in [5.74, 6) is -5.88. The van der Waals surface area contributed by atoms with Crippen LogP contribution in [0.3, 0.4) is 0 Å². The van der Waals surface area contributed by atoms with Gasteiger partial charge in [-0.1, -0.05) is 46.2 Å². The summed E-state index contributed by atoms with van der Waals surface area (Å²) in [7, 11) is 0. The monoisotopic (exact) mass is 908 g/mol. The van der Waals surface area contributed by atoms with Gasteiger partial charge in [-0.15, -0.1) is 54.1 Å². The number of aromatic nitrogens is 12. The summed E-state index contributed by atoms with van der Waals surface area (Å²) in [5.41, 5.74) is -0.0217. The molecule has 24 nitrogen and oxygen atoms in total. The number of fused-ring (bicyclic) bond motifs is 1. The number of rotatable bonds is 16. The van der Waals surface area contributed by atoms with Gasteiger partial charge in [-0.2, -0.15) is 0 Å². The molecule has 4 amide bonds. The van der Waals surface area contributed by atoms with Gasteiger partial charge in [-0.25, -0.2) is 19.0 Å². The van der Waals surface area contributed by atoms with E-state index < -0.39 is 70.6 Å². The third-order valence-corrected chi connectivity index (χ3v) is 15.1. The summed E-state index contributed by atoms with van der Waals surface area (Å²) in [6, 6.07) is -2.92. The fraction of sp³-hybridized carbons (Fsp3) is 0.429. The fourth-order valence-electron chi connectivity index (χ4n) is 5.83. The van der Waals surface area contributed by atoms with E-state index in [9.17, 15) is 34.2 Å². The lowest BCUT2D eigenvalue weighted by atomic mass is 10.0. The molecule has 0 radical (unpaired) electrons. The van der Waals surface area contributed by atoms with Gasteiger partial charge in [0.15, 0.2) is 14.7 Å². The molecule has 7 rings (SSSR count). The molecular weight excluding hydrogens is 881 g/mol. The number of carbonyl (C=O) groups excluding carboxylic acids is 4. The zero-order chi connectivity index (χ0) is 41.1. The van der Waals surface area contributed by atoms with Crippen LogP contribution in [-0.4, -0.2) is 162 Å². The number of carbonyl (C=O) groups is 6. The molecule has 4 aromatic rings. The standard InChI is InChI=1S/C28H28N16O8S6/c1-11-33-35-27(57-11)55-7-13-5-53-23-17(31-15(45)3-41-9-29-37-39-41)21(47)43(23)19(13)22(48)44-20(26(51)52)14(8-56-28-36-34-12(2)58-28)6-54-24(44)18(25(49)50)32-16(46)4-42-10-30-38-40-42/h9-10,17-18,23-24H,3-8H2,1-2H3,(H,31,45)(H,32,46)(H,49,50)(H,51,52)/t17-,18?,23-,24?/m1/s1. The van der Waals surface area contributed by atoms with Gasteiger partial charge in [-0.3, -0.25) is 29.0 Å². The normalized spacial score (nSPS) is 19.8. The van der Waals surface area contributed by atoms with Gasteiger partial charge >= 0.3 is 11.9 Å². The van der Waals surface area contributed by atoms with E-state index in [0.717, 1.165) is 27.7 Å². The number of hydrogen-bond acceptors (Lipinski definition) is 22. The van der Waals surface area contributed by atoms with Crippen LogP contribution in [0.5, 0.6) is 0 Å². The van der Waals surface area contributed by atoms with Crippen LogP contribution in [0.1, 0.15) is 10.0 Å². The number of nitrogens with zero attached hydrogens (tertiary/aromatic N) is 14. The van der Waals surface area contributed by atoms with Gasteiger partial charge < -0.3 is 20.8 Å². The number of aryl methyl sites for hydroxylation is 2. The average Bonchev–Trinajstić information content (AvgIpc) is 4.04. The van der Waals surface area contributed by atoms with Crippen LogP contribution in [0.25, 0.3) is 0 Å². The lowest BCUT2D eigenvalue weighted by molar-refractivity contribution is -0.150. The summed E-state index contributed by atoms with van der Waals surface area (Å²) in [5, 5.41) is 63.0. The lowest BCUT2D eigenvalue weighted by Gasteiger charge is -2.51. The molecule has 3 aliphatic heterocycles. The number of hydrogen-bond donors (Lipinski definition) is 4. The molecule has 58 heavy (non-hydrogen) atoms. The molecule has 3 aliphatic rings. The number of amides is 4. The average molecular weight is 909 g/mol. The van der Waals surface area contributed by atoms with E-state index in [-0.39, 0.29) is 40.8 Å². The minimum atomic E-state index is -1.85. The van der Waals surface area contributed by atoms with Crippen molar-refractivity contribution in [3.8, 4) is 0 Å². The second-order valence-electron chi connectivity index (χ2n) is 12.2. The maximum Gasteiger partial charge on any atom is 0.352 e. The van der Waals surface area contributed by atoms with Crippen molar-refractivity contribution in [3.05, 3.63) is 45.2 Å². The van der Waals surface area contributed by atoms with Crippen molar-refractivity contribution < 1.29 is 39.0 Å². The molecule has 304 valence electrons. The highest BCUT2D eigenvalue weighted by atomic mass is 32.2. The highest BCUT2D eigenvalue weighted by molar-refractivity contribution is 8.02. The number of tetrazole rings is 2. The minimum Gasteiger partial charge on any atom is -0.480 e. The Balaban J connectivity index is 1.27. The van der Waals surface area contributed by atoms with E-state index in [1.807, 2.05) is 0 Å². The molecule has 0 aromatic carbocycles. The molecule has 0 saturated carbocycles. The molecule has 0 spiro atoms. The number of aliphatic carboxylic acids is 2. The molecule has 4 aromatic heterocycles. The van der Waals surface area contributed by atoms with Gasteiger partial charge in [0, 0.05) is 23.0 Å². The third kappa shape index (κ3) is 8.99. The Morgan fingerprint density at radius 2 is 1.40 bits per heavy atom. The van der Waals surface area contributed by atoms with E-state index >= 15 is 4.79 Å². The summed E-state index contributed by atoms with van der Waals surface area (Å²) >= 11 is 7.26. The van der Waals surface area contributed by atoms with Crippen LogP contribution < -0.4 is 10.6 Å². The Kier molecular flexibility index (Phi) is 12.7. The predicted octanol–water partition coefficient (Wildman–Crippen LogP) is -1.27. The highest BCUT2D eigenvalue weighted by Gasteiger charge is 2.56. The number of carboxylic acid groups (broad SMARTS) is 2. The summed E-state index contributed by atoms with van der Waals surface area (Å²) < 4.78 is 3.34. The molecule has 1 fully saturated rings. The van der Waals surface area contributed by atoms with Crippen LogP contribution in [0.15, 0.2) is 43.9 Å². The van der Waals surface area contributed by atoms with Gasteiger partial charge in [0.1, 0.15) is 63.9 Å². The maximum atomic E-state index is 15.3. The Bertz CT molecular complexity index is 2300. The second-order valence-corrected chi connectivity index (χ2v) is 19.2. The number of nitrogens with one attached hydrogen (secondary N) is 2. The quantitative estimate of drug-likeness (QED) is 0.0752. The Labute approximate surface area is 350 Å². The van der Waals surface area contributed by atoms with E-state index in [0.29, 0.717) is 24.3 Å². The van der Waals surface area contributed by atoms with Crippen LogP contribution in [0.4, 0.5) is 0 Å². The topological polar surface area (TPSA) is 312 Å². The maximum absolute atomic E-state index is 15.3. The third-order valence-electron chi connectivity index (χ3n) is 8.26. The van der Waals surface area contributed by atoms with Gasteiger partial charge in [0.05, 0.1) is 0 Å². The number of β-lactam (4-membered cyclic amide) rings is 1. The first kappa shape index (κ1) is 41.1. The molecule has 4 atom stereocenters. The smallest absolute Gasteiger partial charge is 0.352 e. The van der Waals surface area contributed by atoms with E-state index in [4.69, 9.17) is 0 Å². The van der Waals surface area contributed by atoms with Crippen molar-refractivity contribution in [1.82, 2.24) is 81.2 Å². The molecule has 0 bridgehead atoms. The SMILES string of the molecule is Cc1nnc(SCC2=C(C(=O)O)N(C(=O)C3=C(CSc4nnc(C)s4)CS[C@@H]4[C@H](NC(=O)Cn5cnnn5)C(=O)N34)C(C(NC(=O)Cn3cnnn3)C(=O)O)SC2)s1. The molecule has 2 unspecified atom stereocenters. The van der Waals surface area contributed by atoms with Crippen molar-refractivity contribution in [1.29, 1.82) is 0 Å². The molecule has 4 N–H and O–H groups in total. The zero-order valence-electron chi connectivity index (χ0n) is 29.8. The molecule has 7 heterocycles.